The van der Waals surface area contributed by atoms with Gasteiger partial charge in [-0.05, 0) is 36.8 Å². The second-order valence-corrected chi connectivity index (χ2v) is 6.53. The highest BCUT2D eigenvalue weighted by Crippen LogP contribution is 2.30. The van der Waals surface area contributed by atoms with Crippen LogP contribution in [0.25, 0.3) is 16.6 Å². The SMILES string of the molecule is COc1ccc(CNc2nc3c(Cl)c(C)nn3c3ccccc23)cc1OC. The van der Waals surface area contributed by atoms with Crippen molar-refractivity contribution in [2.75, 3.05) is 19.5 Å². The Kier molecular flexibility index (Phi) is 4.49. The lowest BCUT2D eigenvalue weighted by Crippen LogP contribution is -2.05. The average molecular weight is 383 g/mol. The molecule has 0 atom stereocenters. The first-order valence-corrected chi connectivity index (χ1v) is 8.88. The Morgan fingerprint density at radius 1 is 1.07 bits per heavy atom. The van der Waals surface area contributed by atoms with Gasteiger partial charge < -0.3 is 14.8 Å². The number of anilines is 1. The molecule has 0 bridgehead atoms. The van der Waals surface area contributed by atoms with Crippen LogP contribution in [0.3, 0.4) is 0 Å². The van der Waals surface area contributed by atoms with E-state index in [1.54, 1.807) is 18.7 Å². The molecule has 0 fully saturated rings. The molecule has 2 aromatic heterocycles. The van der Waals surface area contributed by atoms with Gasteiger partial charge in [0.15, 0.2) is 17.1 Å². The van der Waals surface area contributed by atoms with Crippen molar-refractivity contribution < 1.29 is 9.47 Å². The summed E-state index contributed by atoms with van der Waals surface area (Å²) in [7, 11) is 3.25. The number of benzene rings is 2. The number of hydrogen-bond donors (Lipinski definition) is 1. The first-order chi connectivity index (χ1) is 13.1. The first kappa shape index (κ1) is 17.4. The molecule has 0 spiro atoms. The van der Waals surface area contributed by atoms with E-state index in [-0.39, 0.29) is 0 Å². The van der Waals surface area contributed by atoms with Crippen molar-refractivity contribution in [2.24, 2.45) is 0 Å². The van der Waals surface area contributed by atoms with Crippen LogP contribution in [0.2, 0.25) is 5.02 Å². The third kappa shape index (κ3) is 3.02. The molecule has 0 saturated carbocycles. The summed E-state index contributed by atoms with van der Waals surface area (Å²) < 4.78 is 12.5. The van der Waals surface area contributed by atoms with E-state index in [9.17, 15) is 0 Å². The normalized spacial score (nSPS) is 11.1. The lowest BCUT2D eigenvalue weighted by Gasteiger charge is -2.12. The maximum atomic E-state index is 6.40. The number of halogens is 1. The Hall–Kier alpha value is -2.99. The molecule has 0 saturated heterocycles. The molecular formula is C20H19ClN4O2. The van der Waals surface area contributed by atoms with Gasteiger partial charge in [0.1, 0.15) is 10.8 Å². The number of aromatic nitrogens is 3. The summed E-state index contributed by atoms with van der Waals surface area (Å²) in [5.41, 5.74) is 3.40. The van der Waals surface area contributed by atoms with E-state index in [1.807, 2.05) is 49.4 Å². The third-order valence-electron chi connectivity index (χ3n) is 4.48. The molecular weight excluding hydrogens is 364 g/mol. The zero-order valence-corrected chi connectivity index (χ0v) is 16.0. The summed E-state index contributed by atoms with van der Waals surface area (Å²) in [5.74, 6) is 2.15. The maximum absolute atomic E-state index is 6.40. The van der Waals surface area contributed by atoms with Gasteiger partial charge >= 0.3 is 0 Å². The third-order valence-corrected chi connectivity index (χ3v) is 4.92. The molecule has 138 valence electrons. The van der Waals surface area contributed by atoms with Gasteiger partial charge in [-0.1, -0.05) is 29.8 Å². The van der Waals surface area contributed by atoms with Gasteiger partial charge in [0.2, 0.25) is 0 Å². The van der Waals surface area contributed by atoms with Crippen LogP contribution in [0.5, 0.6) is 11.5 Å². The van der Waals surface area contributed by atoms with Crippen LogP contribution in [-0.2, 0) is 6.54 Å². The molecule has 0 amide bonds. The van der Waals surface area contributed by atoms with E-state index < -0.39 is 0 Å². The van der Waals surface area contributed by atoms with Crippen LogP contribution in [0, 0.1) is 6.92 Å². The molecule has 0 aliphatic rings. The Labute approximate surface area is 161 Å². The quantitative estimate of drug-likeness (QED) is 0.551. The summed E-state index contributed by atoms with van der Waals surface area (Å²) in [5, 5.41) is 9.46. The van der Waals surface area contributed by atoms with Crippen molar-refractivity contribution in [1.82, 2.24) is 14.6 Å². The van der Waals surface area contributed by atoms with Gasteiger partial charge in [0.25, 0.3) is 0 Å². The van der Waals surface area contributed by atoms with Crippen molar-refractivity contribution in [3.8, 4) is 11.5 Å². The van der Waals surface area contributed by atoms with Crippen LogP contribution < -0.4 is 14.8 Å². The van der Waals surface area contributed by atoms with Crippen LogP contribution in [0.4, 0.5) is 5.82 Å². The minimum Gasteiger partial charge on any atom is -0.493 e. The molecule has 27 heavy (non-hydrogen) atoms. The number of ether oxygens (including phenoxy) is 2. The van der Waals surface area contributed by atoms with Gasteiger partial charge in [0, 0.05) is 11.9 Å². The second kappa shape index (κ2) is 6.96. The Morgan fingerprint density at radius 3 is 2.63 bits per heavy atom. The van der Waals surface area contributed by atoms with Crippen molar-refractivity contribution in [2.45, 2.75) is 13.5 Å². The molecule has 7 heteroatoms. The Bertz CT molecular complexity index is 1140. The molecule has 4 aromatic rings. The number of rotatable bonds is 5. The largest absolute Gasteiger partial charge is 0.493 e. The first-order valence-electron chi connectivity index (χ1n) is 8.50. The lowest BCUT2D eigenvalue weighted by atomic mass is 10.2. The summed E-state index contributed by atoms with van der Waals surface area (Å²) in [6.45, 7) is 2.46. The van der Waals surface area contributed by atoms with Gasteiger partial charge in [-0.15, -0.1) is 0 Å². The fourth-order valence-corrected chi connectivity index (χ4v) is 3.26. The molecule has 0 aliphatic heterocycles. The van der Waals surface area contributed by atoms with Crippen LogP contribution in [0.1, 0.15) is 11.3 Å². The highest BCUT2D eigenvalue weighted by Gasteiger charge is 2.14. The molecule has 0 radical (unpaired) electrons. The standard InChI is InChI=1S/C20H19ClN4O2/c1-12-18(21)20-23-19(14-6-4-5-7-15(14)25(20)24-12)22-11-13-8-9-16(26-2)17(10-13)27-3/h4-10H,11H2,1-3H3,(H,22,23). The minimum atomic E-state index is 0.565. The van der Waals surface area contributed by atoms with Crippen molar-refractivity contribution in [3.05, 3.63) is 58.7 Å². The Balaban J connectivity index is 1.74. The minimum absolute atomic E-state index is 0.565. The summed E-state index contributed by atoms with van der Waals surface area (Å²) >= 11 is 6.40. The van der Waals surface area contributed by atoms with E-state index in [2.05, 4.69) is 10.4 Å². The maximum Gasteiger partial charge on any atom is 0.176 e. The monoisotopic (exact) mass is 382 g/mol. The molecule has 0 aliphatic carbocycles. The van der Waals surface area contributed by atoms with Crippen LogP contribution in [-0.4, -0.2) is 28.8 Å². The fourth-order valence-electron chi connectivity index (χ4n) is 3.10. The smallest absolute Gasteiger partial charge is 0.176 e. The van der Waals surface area contributed by atoms with Gasteiger partial charge in [-0.3, -0.25) is 0 Å². The number of nitrogens with zero attached hydrogens (tertiary/aromatic N) is 3. The van der Waals surface area contributed by atoms with E-state index in [1.165, 1.54) is 0 Å². The molecule has 4 rings (SSSR count). The van der Waals surface area contributed by atoms with E-state index in [0.29, 0.717) is 28.7 Å². The molecule has 1 N–H and O–H groups in total. The molecule has 2 aromatic carbocycles. The fraction of sp³-hybridized carbons (Fsp3) is 0.200. The number of fused-ring (bicyclic) bond motifs is 3. The number of methoxy groups -OCH3 is 2. The lowest BCUT2D eigenvalue weighted by molar-refractivity contribution is 0.354. The van der Waals surface area contributed by atoms with Crippen molar-refractivity contribution in [1.29, 1.82) is 0 Å². The summed E-state index contributed by atoms with van der Waals surface area (Å²) in [4.78, 5) is 4.72. The van der Waals surface area contributed by atoms with E-state index >= 15 is 0 Å². The number of hydrogen-bond acceptors (Lipinski definition) is 5. The van der Waals surface area contributed by atoms with Crippen LogP contribution >= 0.6 is 11.6 Å². The highest BCUT2D eigenvalue weighted by atomic mass is 35.5. The summed E-state index contributed by atoms with van der Waals surface area (Å²) in [6.07, 6.45) is 0. The molecule has 0 unspecified atom stereocenters. The highest BCUT2D eigenvalue weighted by molar-refractivity contribution is 6.34. The predicted molar refractivity (Wildman–Crippen MR) is 107 cm³/mol. The second-order valence-electron chi connectivity index (χ2n) is 6.16. The van der Waals surface area contributed by atoms with Gasteiger partial charge in [-0.25, -0.2) is 9.50 Å². The molecule has 2 heterocycles. The van der Waals surface area contributed by atoms with Crippen LogP contribution in [0.15, 0.2) is 42.5 Å². The summed E-state index contributed by atoms with van der Waals surface area (Å²) in [6, 6.07) is 13.8. The van der Waals surface area contributed by atoms with E-state index in [4.69, 9.17) is 26.1 Å². The number of para-hydroxylation sites is 1. The average Bonchev–Trinajstić information content (AvgIpc) is 3.00. The van der Waals surface area contributed by atoms with Crippen molar-refractivity contribution >= 4 is 34.0 Å². The number of aryl methyl sites for hydroxylation is 1. The van der Waals surface area contributed by atoms with Gasteiger partial charge in [0.05, 0.1) is 25.4 Å². The zero-order valence-electron chi connectivity index (χ0n) is 15.3. The van der Waals surface area contributed by atoms with Crippen molar-refractivity contribution in [3.63, 3.8) is 0 Å². The number of nitrogens with one attached hydrogen (secondary N) is 1. The zero-order chi connectivity index (χ0) is 19.0. The topological polar surface area (TPSA) is 60.7 Å². The van der Waals surface area contributed by atoms with E-state index in [0.717, 1.165) is 28.0 Å². The molecule has 6 nitrogen and oxygen atoms in total. The Morgan fingerprint density at radius 2 is 1.85 bits per heavy atom. The van der Waals surface area contributed by atoms with Gasteiger partial charge in [-0.2, -0.15) is 5.10 Å². The predicted octanol–water partition coefficient (Wildman–Crippen LogP) is 4.47.